The number of ether oxygens (including phenoxy) is 1. The molecule has 4 heteroatoms. The first-order chi connectivity index (χ1) is 7.74. The minimum Gasteiger partial charge on any atom is -0.489 e. The number of aromatic nitrogens is 1. The topological polar surface area (TPSA) is 22.1 Å². The summed E-state index contributed by atoms with van der Waals surface area (Å²) < 4.78 is 6.27. The van der Waals surface area contributed by atoms with Gasteiger partial charge in [0, 0.05) is 12.1 Å². The predicted molar refractivity (Wildman–Crippen MR) is 67.7 cm³/mol. The number of benzene rings is 1. The van der Waals surface area contributed by atoms with Gasteiger partial charge < -0.3 is 4.74 Å². The van der Waals surface area contributed by atoms with E-state index in [2.05, 4.69) is 20.9 Å². The molecule has 1 aromatic carbocycles. The van der Waals surface area contributed by atoms with Crippen LogP contribution in [-0.2, 0) is 6.61 Å². The smallest absolute Gasteiger partial charge is 0.134 e. The molecule has 0 fully saturated rings. The third-order valence-corrected chi connectivity index (χ3v) is 2.58. The Morgan fingerprint density at radius 3 is 2.62 bits per heavy atom. The molecular weight excluding hydrogens is 289 g/mol. The maximum Gasteiger partial charge on any atom is 0.134 e. The van der Waals surface area contributed by atoms with Crippen LogP contribution in [0.25, 0.3) is 0 Å². The molecule has 0 saturated heterocycles. The van der Waals surface area contributed by atoms with Crippen LogP contribution in [0.2, 0.25) is 5.15 Å². The number of nitrogens with zero attached hydrogens (tertiary/aromatic N) is 1. The zero-order valence-corrected chi connectivity index (χ0v) is 10.7. The molecule has 2 rings (SSSR count). The second-order valence-electron chi connectivity index (χ2n) is 3.22. The molecule has 1 aromatic heterocycles. The molecule has 0 radical (unpaired) electrons. The van der Waals surface area contributed by atoms with Gasteiger partial charge in [-0.05, 0) is 21.5 Å². The molecule has 0 aliphatic heterocycles. The highest BCUT2D eigenvalue weighted by atomic mass is 79.9. The summed E-state index contributed by atoms with van der Waals surface area (Å²) in [5, 5.41) is 0.414. The van der Waals surface area contributed by atoms with Crippen molar-refractivity contribution in [2.24, 2.45) is 0 Å². The van der Waals surface area contributed by atoms with E-state index < -0.39 is 0 Å². The normalized spacial score (nSPS) is 10.1. The van der Waals surface area contributed by atoms with Gasteiger partial charge in [-0.3, -0.25) is 0 Å². The lowest BCUT2D eigenvalue weighted by Crippen LogP contribution is -1.95. The average Bonchev–Trinajstić information content (AvgIpc) is 2.27. The Kier molecular flexibility index (Phi) is 3.80. The van der Waals surface area contributed by atoms with Gasteiger partial charge in [-0.25, -0.2) is 4.98 Å². The summed E-state index contributed by atoms with van der Waals surface area (Å²) >= 11 is 9.07. The van der Waals surface area contributed by atoms with Crippen molar-refractivity contribution in [1.29, 1.82) is 0 Å². The van der Waals surface area contributed by atoms with Gasteiger partial charge in [0.05, 0.1) is 0 Å². The van der Waals surface area contributed by atoms with Gasteiger partial charge in [0.2, 0.25) is 0 Å². The van der Waals surface area contributed by atoms with Crippen LogP contribution < -0.4 is 4.74 Å². The number of pyridine rings is 1. The molecule has 0 unspecified atom stereocenters. The molecule has 0 atom stereocenters. The highest BCUT2D eigenvalue weighted by Gasteiger charge is 2.00. The average molecular weight is 299 g/mol. The summed E-state index contributed by atoms with van der Waals surface area (Å²) in [4.78, 5) is 3.99. The van der Waals surface area contributed by atoms with E-state index in [0.717, 1.165) is 5.56 Å². The van der Waals surface area contributed by atoms with Gasteiger partial charge in [-0.1, -0.05) is 41.9 Å². The van der Waals surface area contributed by atoms with Crippen LogP contribution in [0.5, 0.6) is 5.75 Å². The molecule has 0 N–H and O–H groups in total. The first-order valence-corrected chi connectivity index (χ1v) is 5.91. The molecule has 2 nitrogen and oxygen atoms in total. The number of hydrogen-bond acceptors (Lipinski definition) is 2. The number of rotatable bonds is 3. The largest absolute Gasteiger partial charge is 0.489 e. The van der Waals surface area contributed by atoms with Gasteiger partial charge in [-0.2, -0.15) is 0 Å². The van der Waals surface area contributed by atoms with Crippen molar-refractivity contribution in [3.63, 3.8) is 0 Å². The summed E-state index contributed by atoms with van der Waals surface area (Å²) in [6, 6.07) is 13.4. The molecule has 0 aliphatic rings. The van der Waals surface area contributed by atoms with E-state index in [4.69, 9.17) is 16.3 Å². The van der Waals surface area contributed by atoms with Crippen LogP contribution in [0.1, 0.15) is 5.56 Å². The molecule has 0 amide bonds. The van der Waals surface area contributed by atoms with Crippen LogP contribution in [0.4, 0.5) is 0 Å². The summed E-state index contributed by atoms with van der Waals surface area (Å²) in [7, 11) is 0. The Balaban J connectivity index is 2.05. The van der Waals surface area contributed by atoms with Crippen molar-refractivity contribution in [1.82, 2.24) is 4.98 Å². The molecule has 0 aliphatic carbocycles. The van der Waals surface area contributed by atoms with Crippen LogP contribution in [0, 0.1) is 0 Å². The van der Waals surface area contributed by atoms with Crippen molar-refractivity contribution in [3.05, 3.63) is 57.8 Å². The molecule has 82 valence electrons. The first-order valence-electron chi connectivity index (χ1n) is 4.74. The molecular formula is C12H9BrClNO. The van der Waals surface area contributed by atoms with Gasteiger partial charge in [0.25, 0.3) is 0 Å². The van der Waals surface area contributed by atoms with Crippen molar-refractivity contribution in [3.8, 4) is 5.75 Å². The predicted octanol–water partition coefficient (Wildman–Crippen LogP) is 4.08. The Labute approximate surface area is 107 Å². The Morgan fingerprint density at radius 2 is 1.94 bits per heavy atom. The second-order valence-corrected chi connectivity index (χ2v) is 4.42. The van der Waals surface area contributed by atoms with E-state index in [1.807, 2.05) is 30.3 Å². The van der Waals surface area contributed by atoms with Gasteiger partial charge in [0.15, 0.2) is 0 Å². The maximum absolute atomic E-state index is 5.81. The number of hydrogen-bond donors (Lipinski definition) is 0. The minimum atomic E-state index is 0.414. The zero-order valence-electron chi connectivity index (χ0n) is 8.36. The summed E-state index contributed by atoms with van der Waals surface area (Å²) in [6.07, 6.45) is 0. The fourth-order valence-electron chi connectivity index (χ4n) is 1.27. The van der Waals surface area contributed by atoms with Crippen LogP contribution >= 0.6 is 27.5 Å². The van der Waals surface area contributed by atoms with E-state index in [1.165, 1.54) is 0 Å². The summed E-state index contributed by atoms with van der Waals surface area (Å²) in [6.45, 7) is 0.521. The fourth-order valence-corrected chi connectivity index (χ4v) is 1.98. The number of halogens is 2. The summed E-state index contributed by atoms with van der Waals surface area (Å²) in [5.74, 6) is 0.704. The first kappa shape index (κ1) is 11.4. The molecule has 0 saturated carbocycles. The fraction of sp³-hybridized carbons (Fsp3) is 0.0833. The second kappa shape index (κ2) is 5.32. The molecule has 0 spiro atoms. The standard InChI is InChI=1S/C12H9BrClNO/c13-11-6-10(7-12(14)15-11)16-8-9-4-2-1-3-5-9/h1-7H,8H2. The van der Waals surface area contributed by atoms with Crippen molar-refractivity contribution < 1.29 is 4.74 Å². The summed E-state index contributed by atoms with van der Waals surface area (Å²) in [5.41, 5.74) is 1.12. The molecule has 2 aromatic rings. The third-order valence-electron chi connectivity index (χ3n) is 1.98. The van der Waals surface area contributed by atoms with E-state index in [-0.39, 0.29) is 0 Å². The monoisotopic (exact) mass is 297 g/mol. The lowest BCUT2D eigenvalue weighted by molar-refractivity contribution is 0.305. The lowest BCUT2D eigenvalue weighted by Gasteiger charge is -2.06. The van der Waals surface area contributed by atoms with Crippen molar-refractivity contribution in [2.75, 3.05) is 0 Å². The maximum atomic E-state index is 5.81. The van der Waals surface area contributed by atoms with E-state index >= 15 is 0 Å². The quantitative estimate of drug-likeness (QED) is 0.797. The Bertz CT molecular complexity index is 455. The Hall–Kier alpha value is -1.06. The molecule has 1 heterocycles. The van der Waals surface area contributed by atoms with Gasteiger partial charge in [0.1, 0.15) is 22.1 Å². The molecule has 0 bridgehead atoms. The van der Waals surface area contributed by atoms with E-state index in [0.29, 0.717) is 22.1 Å². The van der Waals surface area contributed by atoms with Crippen molar-refractivity contribution >= 4 is 27.5 Å². The van der Waals surface area contributed by atoms with Crippen LogP contribution in [0.3, 0.4) is 0 Å². The SMILES string of the molecule is Clc1cc(OCc2ccccc2)cc(Br)n1. The lowest BCUT2D eigenvalue weighted by atomic mass is 10.2. The highest BCUT2D eigenvalue weighted by molar-refractivity contribution is 9.10. The van der Waals surface area contributed by atoms with Crippen LogP contribution in [0.15, 0.2) is 47.1 Å². The molecule has 16 heavy (non-hydrogen) atoms. The Morgan fingerprint density at radius 1 is 1.19 bits per heavy atom. The zero-order chi connectivity index (χ0) is 11.4. The minimum absolute atomic E-state index is 0.414. The van der Waals surface area contributed by atoms with Gasteiger partial charge >= 0.3 is 0 Å². The van der Waals surface area contributed by atoms with Crippen molar-refractivity contribution in [2.45, 2.75) is 6.61 Å². The van der Waals surface area contributed by atoms with E-state index in [9.17, 15) is 0 Å². The highest BCUT2D eigenvalue weighted by Crippen LogP contribution is 2.21. The third kappa shape index (κ3) is 3.22. The van der Waals surface area contributed by atoms with E-state index in [1.54, 1.807) is 12.1 Å². The van der Waals surface area contributed by atoms with Crippen LogP contribution in [-0.4, -0.2) is 4.98 Å². The van der Waals surface area contributed by atoms with Gasteiger partial charge in [-0.15, -0.1) is 0 Å².